The quantitative estimate of drug-likeness (QED) is 0.872. The zero-order chi connectivity index (χ0) is 13.0. The summed E-state index contributed by atoms with van der Waals surface area (Å²) in [6.07, 6.45) is 1.81. The summed E-state index contributed by atoms with van der Waals surface area (Å²) in [5.41, 5.74) is 1.21. The molecular weight excluding hydrogens is 284 g/mol. The van der Waals surface area contributed by atoms with Crippen molar-refractivity contribution in [3.05, 3.63) is 40.4 Å². The van der Waals surface area contributed by atoms with E-state index in [0.29, 0.717) is 6.04 Å². The topological polar surface area (TPSA) is 24.9 Å². The normalized spacial score (nSPS) is 12.6. The Balaban J connectivity index is 2.14. The number of nitrogens with one attached hydrogen (secondary N) is 1. The van der Waals surface area contributed by atoms with Crippen molar-refractivity contribution < 1.29 is 0 Å². The van der Waals surface area contributed by atoms with Crippen molar-refractivity contribution >= 4 is 34.7 Å². The fraction of sp³-hybridized carbons (Fsp3) is 0.308. The van der Waals surface area contributed by atoms with Crippen LogP contribution in [0.2, 0.25) is 5.02 Å². The van der Waals surface area contributed by atoms with Gasteiger partial charge in [-0.05, 0) is 31.2 Å². The molecule has 0 fully saturated rings. The molecule has 2 aromatic rings. The summed E-state index contributed by atoms with van der Waals surface area (Å²) in [4.78, 5) is 5.30. The van der Waals surface area contributed by atoms with Crippen LogP contribution in [0.25, 0.3) is 0 Å². The molecule has 0 saturated carbocycles. The first-order valence-electron chi connectivity index (χ1n) is 5.81. The summed E-state index contributed by atoms with van der Waals surface area (Å²) in [6, 6.07) is 6.55. The van der Waals surface area contributed by atoms with E-state index in [0.717, 1.165) is 20.8 Å². The first-order valence-corrected chi connectivity index (χ1v) is 7.88. The second-order valence-corrected chi connectivity index (χ2v) is 6.46. The van der Waals surface area contributed by atoms with Crippen molar-refractivity contribution in [1.82, 2.24) is 10.3 Å². The minimum atomic E-state index is 0.325. The molecule has 1 aromatic carbocycles. The number of hydrogen-bond donors (Lipinski definition) is 1. The molecule has 0 aliphatic rings. The third kappa shape index (κ3) is 3.48. The highest BCUT2D eigenvalue weighted by molar-refractivity contribution is 8.01. The van der Waals surface area contributed by atoms with Crippen LogP contribution in [0.5, 0.6) is 0 Å². The zero-order valence-electron chi connectivity index (χ0n) is 10.3. The molecule has 2 nitrogen and oxygen atoms in total. The SMILES string of the molecule is CCNC(C)c1ccc(Sc2nccs2)c(Cl)c1. The summed E-state index contributed by atoms with van der Waals surface area (Å²) in [5, 5.41) is 6.14. The van der Waals surface area contributed by atoms with Crippen molar-refractivity contribution in [2.24, 2.45) is 0 Å². The highest BCUT2D eigenvalue weighted by Gasteiger charge is 2.09. The van der Waals surface area contributed by atoms with Crippen LogP contribution in [0.4, 0.5) is 0 Å². The van der Waals surface area contributed by atoms with Gasteiger partial charge in [-0.1, -0.05) is 36.4 Å². The van der Waals surface area contributed by atoms with Crippen LogP contribution in [-0.4, -0.2) is 11.5 Å². The van der Waals surface area contributed by atoms with Crippen molar-refractivity contribution in [1.29, 1.82) is 0 Å². The van der Waals surface area contributed by atoms with Gasteiger partial charge >= 0.3 is 0 Å². The van der Waals surface area contributed by atoms with Gasteiger partial charge in [-0.3, -0.25) is 0 Å². The molecule has 1 unspecified atom stereocenters. The summed E-state index contributed by atoms with van der Waals surface area (Å²) in [7, 11) is 0. The number of aromatic nitrogens is 1. The Hall–Kier alpha value is -0.550. The summed E-state index contributed by atoms with van der Waals surface area (Å²) < 4.78 is 1.02. The first-order chi connectivity index (χ1) is 8.70. The maximum Gasteiger partial charge on any atom is 0.154 e. The van der Waals surface area contributed by atoms with Crippen molar-refractivity contribution in [3.63, 3.8) is 0 Å². The smallest absolute Gasteiger partial charge is 0.154 e. The second-order valence-electron chi connectivity index (χ2n) is 3.87. The molecule has 0 aliphatic carbocycles. The van der Waals surface area contributed by atoms with Gasteiger partial charge in [0.25, 0.3) is 0 Å². The molecular formula is C13H15ClN2S2. The molecule has 18 heavy (non-hydrogen) atoms. The zero-order valence-corrected chi connectivity index (χ0v) is 12.7. The summed E-state index contributed by atoms with van der Waals surface area (Å²) in [5.74, 6) is 0. The Labute approximate surface area is 121 Å². The lowest BCUT2D eigenvalue weighted by Gasteiger charge is -2.14. The number of benzene rings is 1. The van der Waals surface area contributed by atoms with E-state index < -0.39 is 0 Å². The van der Waals surface area contributed by atoms with Gasteiger partial charge in [0, 0.05) is 22.5 Å². The van der Waals surface area contributed by atoms with E-state index in [2.05, 4.69) is 36.3 Å². The van der Waals surface area contributed by atoms with Crippen LogP contribution in [0, 0.1) is 0 Å². The van der Waals surface area contributed by atoms with Crippen LogP contribution in [0.1, 0.15) is 25.5 Å². The van der Waals surface area contributed by atoms with Gasteiger partial charge < -0.3 is 5.32 Å². The predicted molar refractivity (Wildman–Crippen MR) is 79.8 cm³/mol. The van der Waals surface area contributed by atoms with Crippen molar-refractivity contribution in [2.45, 2.75) is 29.1 Å². The van der Waals surface area contributed by atoms with E-state index in [9.17, 15) is 0 Å². The highest BCUT2D eigenvalue weighted by Crippen LogP contribution is 2.35. The van der Waals surface area contributed by atoms with Gasteiger partial charge in [0.1, 0.15) is 0 Å². The van der Waals surface area contributed by atoms with Crippen molar-refractivity contribution in [3.8, 4) is 0 Å². The molecule has 1 N–H and O–H groups in total. The number of nitrogens with zero attached hydrogens (tertiary/aromatic N) is 1. The Morgan fingerprint density at radius 2 is 2.33 bits per heavy atom. The summed E-state index contributed by atoms with van der Waals surface area (Å²) in [6.45, 7) is 5.20. The van der Waals surface area contributed by atoms with Gasteiger partial charge in [0.2, 0.25) is 0 Å². The van der Waals surface area contributed by atoms with Crippen LogP contribution < -0.4 is 5.32 Å². The van der Waals surface area contributed by atoms with Crippen LogP contribution >= 0.6 is 34.7 Å². The van der Waals surface area contributed by atoms with E-state index in [1.54, 1.807) is 23.1 Å². The van der Waals surface area contributed by atoms with E-state index >= 15 is 0 Å². The average molecular weight is 299 g/mol. The molecule has 2 rings (SSSR count). The van der Waals surface area contributed by atoms with Crippen LogP contribution in [-0.2, 0) is 0 Å². The molecule has 0 amide bonds. The lowest BCUT2D eigenvalue weighted by molar-refractivity contribution is 0.598. The average Bonchev–Trinajstić information content (AvgIpc) is 2.85. The molecule has 1 atom stereocenters. The maximum atomic E-state index is 6.32. The number of halogens is 1. The number of rotatable bonds is 5. The Bertz CT molecular complexity index is 500. The number of hydrogen-bond acceptors (Lipinski definition) is 4. The fourth-order valence-electron chi connectivity index (χ4n) is 1.65. The number of thiazole rings is 1. The highest BCUT2D eigenvalue weighted by atomic mass is 35.5. The third-order valence-corrected chi connectivity index (χ3v) is 4.96. The first kappa shape index (κ1) is 13.9. The Morgan fingerprint density at radius 3 is 2.94 bits per heavy atom. The fourth-order valence-corrected chi connectivity index (χ4v) is 3.54. The van der Waals surface area contributed by atoms with E-state index in [1.807, 2.05) is 17.6 Å². The van der Waals surface area contributed by atoms with E-state index in [1.165, 1.54) is 5.56 Å². The molecule has 0 saturated heterocycles. The van der Waals surface area contributed by atoms with Crippen LogP contribution in [0.15, 0.2) is 39.0 Å². The lowest BCUT2D eigenvalue weighted by Crippen LogP contribution is -2.17. The van der Waals surface area contributed by atoms with Gasteiger partial charge in [-0.25, -0.2) is 4.98 Å². The molecule has 5 heteroatoms. The monoisotopic (exact) mass is 298 g/mol. The van der Waals surface area contributed by atoms with E-state index in [4.69, 9.17) is 11.6 Å². The lowest BCUT2D eigenvalue weighted by atomic mass is 10.1. The Kier molecular flexibility index (Phi) is 5.06. The minimum absolute atomic E-state index is 0.325. The molecule has 1 aromatic heterocycles. The molecule has 0 radical (unpaired) electrons. The standard InChI is InChI=1S/C13H15ClN2S2/c1-3-15-9(2)10-4-5-12(11(14)8-10)18-13-16-6-7-17-13/h4-9,15H,3H2,1-2H3. The molecule has 0 aliphatic heterocycles. The largest absolute Gasteiger partial charge is 0.310 e. The third-order valence-electron chi connectivity index (χ3n) is 2.57. The van der Waals surface area contributed by atoms with Gasteiger partial charge in [-0.2, -0.15) is 0 Å². The molecule has 1 heterocycles. The van der Waals surface area contributed by atoms with Gasteiger partial charge in [-0.15, -0.1) is 11.3 Å². The van der Waals surface area contributed by atoms with Gasteiger partial charge in [0.05, 0.1) is 5.02 Å². The van der Waals surface area contributed by atoms with Crippen molar-refractivity contribution in [2.75, 3.05) is 6.54 Å². The second kappa shape index (κ2) is 6.57. The molecule has 96 valence electrons. The summed E-state index contributed by atoms with van der Waals surface area (Å²) >= 11 is 9.55. The minimum Gasteiger partial charge on any atom is -0.310 e. The molecule has 0 bridgehead atoms. The van der Waals surface area contributed by atoms with Crippen LogP contribution in [0.3, 0.4) is 0 Å². The Morgan fingerprint density at radius 1 is 1.50 bits per heavy atom. The molecule has 0 spiro atoms. The predicted octanol–water partition coefficient (Wildman–Crippen LogP) is 4.62. The van der Waals surface area contributed by atoms with E-state index in [-0.39, 0.29) is 0 Å². The maximum absolute atomic E-state index is 6.32. The van der Waals surface area contributed by atoms with Gasteiger partial charge in [0.15, 0.2) is 4.34 Å².